The second-order valence-corrected chi connectivity index (χ2v) is 7.19. The Hall–Kier alpha value is -0.720. The molecule has 4 nitrogen and oxygen atoms in total. The lowest BCUT2D eigenvalue weighted by molar-refractivity contribution is 0.00882. The first-order valence-electron chi connectivity index (χ1n) is 7.93. The largest absolute Gasteiger partial charge is 0.389 e. The highest BCUT2D eigenvalue weighted by atomic mass is 32.1. The van der Waals surface area contributed by atoms with Crippen LogP contribution in [0, 0.1) is 6.92 Å². The molecule has 2 rings (SSSR count). The molecule has 124 valence electrons. The summed E-state index contributed by atoms with van der Waals surface area (Å²) in [7, 11) is 0. The van der Waals surface area contributed by atoms with Crippen LogP contribution in [0.5, 0.6) is 0 Å². The fraction of sp³-hybridized carbons (Fsp3) is 0.647. The molecule has 22 heavy (non-hydrogen) atoms. The van der Waals surface area contributed by atoms with E-state index < -0.39 is 6.10 Å². The standard InChI is InChI=1S/C17H27NO3S/c1-3-8-20-13-15(19)10-18(11-16-5-4-9-21-16)12-17-7-6-14(2)22-17/h3,6-7,15-16,19H,1,4-5,8-13H2,2H3/t15-,16-/m1/s1. The molecule has 1 fully saturated rings. The van der Waals surface area contributed by atoms with Gasteiger partial charge in [-0.05, 0) is 31.9 Å². The average molecular weight is 325 g/mol. The Balaban J connectivity index is 1.86. The fourth-order valence-corrected chi connectivity index (χ4v) is 3.64. The molecule has 0 bridgehead atoms. The zero-order chi connectivity index (χ0) is 15.8. The molecule has 1 aliphatic rings. The van der Waals surface area contributed by atoms with Crippen LogP contribution in [0.25, 0.3) is 0 Å². The van der Waals surface area contributed by atoms with Crippen LogP contribution in [0.15, 0.2) is 24.8 Å². The van der Waals surface area contributed by atoms with Crippen LogP contribution in [0.2, 0.25) is 0 Å². The van der Waals surface area contributed by atoms with Gasteiger partial charge in [-0.15, -0.1) is 17.9 Å². The molecule has 2 atom stereocenters. The van der Waals surface area contributed by atoms with Crippen molar-refractivity contribution in [2.75, 3.05) is 32.9 Å². The molecule has 0 unspecified atom stereocenters. The predicted molar refractivity (Wildman–Crippen MR) is 90.3 cm³/mol. The molecule has 1 aliphatic heterocycles. The predicted octanol–water partition coefficient (Wildman–Crippen LogP) is 2.60. The maximum absolute atomic E-state index is 10.2. The molecule has 1 saturated heterocycles. The fourth-order valence-electron chi connectivity index (χ4n) is 2.71. The smallest absolute Gasteiger partial charge is 0.0900 e. The second kappa shape index (κ2) is 9.43. The van der Waals surface area contributed by atoms with E-state index >= 15 is 0 Å². The van der Waals surface area contributed by atoms with Gasteiger partial charge < -0.3 is 14.6 Å². The van der Waals surface area contributed by atoms with Gasteiger partial charge >= 0.3 is 0 Å². The number of nitrogens with zero attached hydrogens (tertiary/aromatic N) is 1. The molecular weight excluding hydrogens is 298 g/mol. The van der Waals surface area contributed by atoms with E-state index in [1.54, 1.807) is 6.08 Å². The molecule has 0 radical (unpaired) electrons. The van der Waals surface area contributed by atoms with Crippen molar-refractivity contribution in [3.63, 3.8) is 0 Å². The number of hydrogen-bond acceptors (Lipinski definition) is 5. The van der Waals surface area contributed by atoms with E-state index in [0.717, 1.165) is 32.5 Å². The third-order valence-electron chi connectivity index (χ3n) is 3.68. The number of aryl methyl sites for hydroxylation is 1. The van der Waals surface area contributed by atoms with Gasteiger partial charge in [0.25, 0.3) is 0 Å². The van der Waals surface area contributed by atoms with Crippen LogP contribution in [0.3, 0.4) is 0 Å². The van der Waals surface area contributed by atoms with Gasteiger partial charge in [0.15, 0.2) is 0 Å². The second-order valence-electron chi connectivity index (χ2n) is 5.82. The van der Waals surface area contributed by atoms with E-state index in [1.165, 1.54) is 9.75 Å². The van der Waals surface area contributed by atoms with Gasteiger partial charge in [0.05, 0.1) is 25.4 Å². The lowest BCUT2D eigenvalue weighted by Crippen LogP contribution is -2.38. The Morgan fingerprint density at radius 2 is 2.45 bits per heavy atom. The number of thiophene rings is 1. The zero-order valence-corrected chi connectivity index (χ0v) is 14.2. The number of hydrogen-bond donors (Lipinski definition) is 1. The lowest BCUT2D eigenvalue weighted by Gasteiger charge is -2.27. The Morgan fingerprint density at radius 1 is 1.59 bits per heavy atom. The lowest BCUT2D eigenvalue weighted by atomic mass is 10.2. The van der Waals surface area contributed by atoms with Crippen LogP contribution in [0.1, 0.15) is 22.6 Å². The van der Waals surface area contributed by atoms with Crippen LogP contribution in [0.4, 0.5) is 0 Å². The highest BCUT2D eigenvalue weighted by molar-refractivity contribution is 7.11. The topological polar surface area (TPSA) is 41.9 Å². The molecule has 1 N–H and O–H groups in total. The number of ether oxygens (including phenoxy) is 2. The zero-order valence-electron chi connectivity index (χ0n) is 13.4. The summed E-state index contributed by atoms with van der Waals surface area (Å²) < 4.78 is 11.1. The van der Waals surface area contributed by atoms with Crippen molar-refractivity contribution in [1.82, 2.24) is 4.90 Å². The minimum absolute atomic E-state index is 0.294. The Kier molecular flexibility index (Phi) is 7.55. The molecule has 2 heterocycles. The van der Waals surface area contributed by atoms with E-state index in [1.807, 2.05) is 11.3 Å². The molecule has 5 heteroatoms. The third-order valence-corrected chi connectivity index (χ3v) is 4.66. The molecule has 0 aliphatic carbocycles. The molecule has 0 spiro atoms. The molecule has 0 saturated carbocycles. The quantitative estimate of drug-likeness (QED) is 0.530. The van der Waals surface area contributed by atoms with E-state index in [9.17, 15) is 5.11 Å². The van der Waals surface area contributed by atoms with Gasteiger partial charge in [0, 0.05) is 36.0 Å². The summed E-state index contributed by atoms with van der Waals surface area (Å²) in [4.78, 5) is 4.93. The summed E-state index contributed by atoms with van der Waals surface area (Å²) in [6.45, 7) is 9.75. The molecule has 1 aromatic heterocycles. The average Bonchev–Trinajstić information content (AvgIpc) is 3.11. The first kappa shape index (κ1) is 17.6. The van der Waals surface area contributed by atoms with Gasteiger partial charge in [-0.25, -0.2) is 0 Å². The van der Waals surface area contributed by atoms with Gasteiger partial charge in [-0.1, -0.05) is 6.08 Å². The SMILES string of the molecule is C=CCOC[C@H](O)CN(Cc1ccc(C)s1)C[C@H]1CCCO1. The van der Waals surface area contributed by atoms with Crippen molar-refractivity contribution in [2.45, 2.75) is 38.5 Å². The summed E-state index contributed by atoms with van der Waals surface area (Å²) in [6, 6.07) is 4.32. The van der Waals surface area contributed by atoms with Crippen molar-refractivity contribution >= 4 is 11.3 Å². The minimum atomic E-state index is -0.484. The number of rotatable bonds is 10. The summed E-state index contributed by atoms with van der Waals surface area (Å²) in [5.41, 5.74) is 0. The number of aliphatic hydroxyl groups is 1. The van der Waals surface area contributed by atoms with Crippen molar-refractivity contribution in [1.29, 1.82) is 0 Å². The maximum atomic E-state index is 10.2. The Labute approximate surface area is 137 Å². The van der Waals surface area contributed by atoms with Gasteiger partial charge in [-0.2, -0.15) is 0 Å². The van der Waals surface area contributed by atoms with E-state index in [4.69, 9.17) is 9.47 Å². The maximum Gasteiger partial charge on any atom is 0.0900 e. The summed E-state index contributed by atoms with van der Waals surface area (Å²) in [5, 5.41) is 10.2. The van der Waals surface area contributed by atoms with Crippen LogP contribution in [-0.2, 0) is 16.0 Å². The minimum Gasteiger partial charge on any atom is -0.389 e. The summed E-state index contributed by atoms with van der Waals surface area (Å²) in [5.74, 6) is 0. The van der Waals surface area contributed by atoms with E-state index in [-0.39, 0.29) is 0 Å². The highest BCUT2D eigenvalue weighted by Crippen LogP contribution is 2.19. The van der Waals surface area contributed by atoms with Crippen LogP contribution < -0.4 is 0 Å². The normalized spacial score (nSPS) is 19.7. The Morgan fingerprint density at radius 3 is 3.09 bits per heavy atom. The first-order valence-corrected chi connectivity index (χ1v) is 8.75. The number of aliphatic hydroxyl groups excluding tert-OH is 1. The van der Waals surface area contributed by atoms with E-state index in [2.05, 4.69) is 30.5 Å². The monoisotopic (exact) mass is 325 g/mol. The highest BCUT2D eigenvalue weighted by Gasteiger charge is 2.21. The van der Waals surface area contributed by atoms with Crippen LogP contribution >= 0.6 is 11.3 Å². The third kappa shape index (κ3) is 6.18. The first-order chi connectivity index (χ1) is 10.7. The van der Waals surface area contributed by atoms with Crippen molar-refractivity contribution in [3.8, 4) is 0 Å². The molecule has 0 aromatic carbocycles. The van der Waals surface area contributed by atoms with Gasteiger partial charge in [0.1, 0.15) is 0 Å². The van der Waals surface area contributed by atoms with Crippen molar-refractivity contribution < 1.29 is 14.6 Å². The molecular formula is C17H27NO3S. The van der Waals surface area contributed by atoms with Crippen molar-refractivity contribution in [3.05, 3.63) is 34.5 Å². The molecule has 1 aromatic rings. The summed E-state index contributed by atoms with van der Waals surface area (Å²) >= 11 is 1.81. The van der Waals surface area contributed by atoms with Gasteiger partial charge in [0.2, 0.25) is 0 Å². The van der Waals surface area contributed by atoms with E-state index in [0.29, 0.717) is 25.9 Å². The molecule has 0 amide bonds. The Bertz CT molecular complexity index is 443. The van der Waals surface area contributed by atoms with Crippen LogP contribution in [-0.4, -0.2) is 55.1 Å². The summed E-state index contributed by atoms with van der Waals surface area (Å²) in [6.07, 6.45) is 3.76. The van der Waals surface area contributed by atoms with Crippen molar-refractivity contribution in [2.24, 2.45) is 0 Å². The van der Waals surface area contributed by atoms with Gasteiger partial charge in [-0.3, -0.25) is 4.90 Å².